The van der Waals surface area contributed by atoms with Crippen molar-refractivity contribution < 1.29 is 21.6 Å². The van der Waals surface area contributed by atoms with Crippen LogP contribution >= 0.6 is 0 Å². The van der Waals surface area contributed by atoms with Crippen LogP contribution in [0.15, 0.2) is 60.0 Å². The number of halogens is 3. The molecule has 4 rings (SSSR count). The summed E-state index contributed by atoms with van der Waals surface area (Å²) in [4.78, 5) is 5.42. The topological polar surface area (TPSA) is 95.1 Å². The third kappa shape index (κ3) is 4.42. The number of sulfonamides is 1. The highest BCUT2D eigenvalue weighted by molar-refractivity contribution is 7.89. The van der Waals surface area contributed by atoms with Gasteiger partial charge in [-0.15, -0.1) is 0 Å². The van der Waals surface area contributed by atoms with Crippen molar-refractivity contribution in [1.82, 2.24) is 19.1 Å². The van der Waals surface area contributed by atoms with E-state index in [0.29, 0.717) is 5.69 Å². The summed E-state index contributed by atoms with van der Waals surface area (Å²) < 4.78 is 70.2. The van der Waals surface area contributed by atoms with Gasteiger partial charge in [0.2, 0.25) is 10.0 Å². The molecule has 0 unspecified atom stereocenters. The van der Waals surface area contributed by atoms with Gasteiger partial charge in [-0.3, -0.25) is 0 Å². The zero-order valence-electron chi connectivity index (χ0n) is 17.4. The first-order valence-corrected chi connectivity index (χ1v) is 11.4. The zero-order chi connectivity index (χ0) is 23.8. The number of benzene rings is 2. The monoisotopic (exact) mass is 476 g/mol. The van der Waals surface area contributed by atoms with Gasteiger partial charge in [-0.2, -0.15) is 27.8 Å². The van der Waals surface area contributed by atoms with E-state index in [1.807, 2.05) is 0 Å². The quantitative estimate of drug-likeness (QED) is 0.575. The van der Waals surface area contributed by atoms with Gasteiger partial charge in [-0.1, -0.05) is 6.07 Å². The van der Waals surface area contributed by atoms with Gasteiger partial charge < -0.3 is 4.90 Å². The molecule has 0 saturated carbocycles. The van der Waals surface area contributed by atoms with Crippen LogP contribution in [0.25, 0.3) is 5.69 Å². The van der Waals surface area contributed by atoms with Crippen molar-refractivity contribution in [2.75, 3.05) is 24.5 Å². The summed E-state index contributed by atoms with van der Waals surface area (Å²) in [5.74, 6) is 0. The van der Waals surface area contributed by atoms with E-state index in [9.17, 15) is 21.6 Å². The molecule has 0 spiro atoms. The van der Waals surface area contributed by atoms with Gasteiger partial charge in [0.25, 0.3) is 0 Å². The van der Waals surface area contributed by atoms with E-state index in [4.69, 9.17) is 5.26 Å². The summed E-state index contributed by atoms with van der Waals surface area (Å²) in [5.41, 5.74) is -0.552. The van der Waals surface area contributed by atoms with E-state index in [1.54, 1.807) is 25.1 Å². The van der Waals surface area contributed by atoms with Crippen molar-refractivity contribution in [2.24, 2.45) is 0 Å². The van der Waals surface area contributed by atoms with Gasteiger partial charge in [-0.05, 0) is 43.3 Å². The van der Waals surface area contributed by atoms with Crippen LogP contribution in [0.3, 0.4) is 0 Å². The molecule has 8 nitrogen and oxygen atoms in total. The fraction of sp³-hybridized carbons (Fsp3) is 0.286. The highest BCUT2D eigenvalue weighted by Gasteiger charge is 2.39. The van der Waals surface area contributed by atoms with Gasteiger partial charge in [0.15, 0.2) is 0 Å². The standard InChI is InChI=1S/C21H19F3N6O2S/c1-15-12-28(20-6-5-16(11-25)9-19(20)21(22,23)24)7-8-30(15)33(31,32)18-4-2-3-17(10-18)29-14-26-13-27-29/h2-6,9-10,13-15H,7-8,12H2,1H3/t15-/m1/s1. The molecular weight excluding hydrogens is 457 g/mol. The number of anilines is 1. The average Bonchev–Trinajstić information content (AvgIpc) is 3.33. The summed E-state index contributed by atoms with van der Waals surface area (Å²) in [7, 11) is -3.90. The molecule has 1 aliphatic heterocycles. The molecule has 33 heavy (non-hydrogen) atoms. The minimum atomic E-state index is -4.64. The minimum absolute atomic E-state index is 0.00829. The fourth-order valence-corrected chi connectivity index (χ4v) is 5.54. The summed E-state index contributed by atoms with van der Waals surface area (Å²) in [6.45, 7) is 1.80. The highest BCUT2D eigenvalue weighted by atomic mass is 32.2. The van der Waals surface area contributed by atoms with Crippen molar-refractivity contribution in [3.05, 3.63) is 66.2 Å². The lowest BCUT2D eigenvalue weighted by molar-refractivity contribution is -0.137. The Morgan fingerprint density at radius 2 is 1.94 bits per heavy atom. The predicted molar refractivity (Wildman–Crippen MR) is 113 cm³/mol. The summed E-state index contributed by atoms with van der Waals surface area (Å²) >= 11 is 0. The lowest BCUT2D eigenvalue weighted by Gasteiger charge is -2.40. The maximum Gasteiger partial charge on any atom is 0.418 e. The molecule has 0 bridgehead atoms. The van der Waals surface area contributed by atoms with Crippen LogP contribution < -0.4 is 4.90 Å². The third-order valence-corrected chi connectivity index (χ3v) is 7.46. The van der Waals surface area contributed by atoms with Crippen molar-refractivity contribution in [3.8, 4) is 11.8 Å². The number of alkyl halides is 3. The summed E-state index contributed by atoms with van der Waals surface area (Å²) in [6, 6.07) is 10.8. The number of aromatic nitrogens is 3. The second-order valence-corrected chi connectivity index (χ2v) is 9.48. The molecule has 12 heteroatoms. The van der Waals surface area contributed by atoms with Crippen LogP contribution in [0.1, 0.15) is 18.1 Å². The lowest BCUT2D eigenvalue weighted by atomic mass is 10.1. The Balaban J connectivity index is 1.60. The van der Waals surface area contributed by atoms with Crippen LogP contribution in [-0.4, -0.2) is 53.2 Å². The molecule has 0 radical (unpaired) electrons. The maximum absolute atomic E-state index is 13.6. The van der Waals surface area contributed by atoms with E-state index in [0.717, 1.165) is 6.07 Å². The molecular formula is C21H19F3N6O2S. The van der Waals surface area contributed by atoms with E-state index in [1.165, 1.54) is 50.8 Å². The molecule has 0 N–H and O–H groups in total. The normalized spacial score (nSPS) is 17.7. The van der Waals surface area contributed by atoms with E-state index in [2.05, 4.69) is 10.1 Å². The lowest BCUT2D eigenvalue weighted by Crippen LogP contribution is -2.54. The number of hydrogen-bond acceptors (Lipinski definition) is 6. The SMILES string of the molecule is C[C@@H]1CN(c2ccc(C#N)cc2C(F)(F)F)CCN1S(=O)(=O)c1cccc(-n2cncn2)c1. The summed E-state index contributed by atoms with van der Waals surface area (Å²) in [6.07, 6.45) is -1.86. The van der Waals surface area contributed by atoms with Crippen LogP contribution in [-0.2, 0) is 16.2 Å². The molecule has 2 aromatic carbocycles. The predicted octanol–water partition coefficient (Wildman–Crippen LogP) is 3.06. The number of nitrogens with zero attached hydrogens (tertiary/aromatic N) is 6. The second-order valence-electron chi connectivity index (χ2n) is 7.59. The third-order valence-electron chi connectivity index (χ3n) is 5.45. The van der Waals surface area contributed by atoms with Crippen LogP contribution in [0.5, 0.6) is 0 Å². The van der Waals surface area contributed by atoms with Gasteiger partial charge in [0, 0.05) is 31.4 Å². The minimum Gasteiger partial charge on any atom is -0.368 e. The van der Waals surface area contributed by atoms with Crippen LogP contribution in [0, 0.1) is 11.3 Å². The highest BCUT2D eigenvalue weighted by Crippen LogP contribution is 2.38. The zero-order valence-corrected chi connectivity index (χ0v) is 18.3. The Labute approximate surface area is 188 Å². The molecule has 3 aromatic rings. The van der Waals surface area contributed by atoms with Crippen LogP contribution in [0.2, 0.25) is 0 Å². The van der Waals surface area contributed by atoms with Gasteiger partial charge >= 0.3 is 6.18 Å². The van der Waals surface area contributed by atoms with Crippen molar-refractivity contribution in [1.29, 1.82) is 5.26 Å². The van der Waals surface area contributed by atoms with E-state index in [-0.39, 0.29) is 35.8 Å². The number of piperazine rings is 1. The average molecular weight is 476 g/mol. The fourth-order valence-electron chi connectivity index (χ4n) is 3.89. The Hall–Kier alpha value is -3.43. The Morgan fingerprint density at radius 1 is 1.15 bits per heavy atom. The molecule has 172 valence electrons. The van der Waals surface area contributed by atoms with Gasteiger partial charge in [0.1, 0.15) is 12.7 Å². The maximum atomic E-state index is 13.6. The molecule has 1 aromatic heterocycles. The van der Waals surface area contributed by atoms with Gasteiger partial charge in [0.05, 0.1) is 27.8 Å². The first-order valence-electron chi connectivity index (χ1n) is 9.94. The molecule has 2 heterocycles. The largest absolute Gasteiger partial charge is 0.418 e. The van der Waals surface area contributed by atoms with Crippen molar-refractivity contribution >= 4 is 15.7 Å². The molecule has 1 aliphatic rings. The van der Waals surface area contributed by atoms with Crippen LogP contribution in [0.4, 0.5) is 18.9 Å². The summed E-state index contributed by atoms with van der Waals surface area (Å²) in [5, 5.41) is 13.0. The van der Waals surface area contributed by atoms with E-state index < -0.39 is 27.8 Å². The molecule has 1 saturated heterocycles. The molecule has 0 aliphatic carbocycles. The van der Waals surface area contributed by atoms with Gasteiger partial charge in [-0.25, -0.2) is 18.1 Å². The molecule has 0 amide bonds. The Morgan fingerprint density at radius 3 is 2.58 bits per heavy atom. The first kappa shape index (κ1) is 22.8. The Kier molecular flexibility index (Phi) is 5.85. The Bertz CT molecular complexity index is 1300. The molecule has 1 fully saturated rings. The molecule has 1 atom stereocenters. The second kappa shape index (κ2) is 8.49. The van der Waals surface area contributed by atoms with E-state index >= 15 is 0 Å². The van der Waals surface area contributed by atoms with Crippen molar-refractivity contribution in [2.45, 2.75) is 24.0 Å². The number of nitriles is 1. The number of hydrogen-bond donors (Lipinski definition) is 0. The van der Waals surface area contributed by atoms with Crippen molar-refractivity contribution in [3.63, 3.8) is 0 Å². The first-order chi connectivity index (χ1) is 15.6. The number of rotatable bonds is 4. The smallest absolute Gasteiger partial charge is 0.368 e.